The van der Waals surface area contributed by atoms with Crippen molar-refractivity contribution in [3.63, 3.8) is 0 Å². The van der Waals surface area contributed by atoms with Gasteiger partial charge in [-0.25, -0.2) is 0 Å². The molecular formula is C20H20F3NO3. The predicted octanol–water partition coefficient (Wildman–Crippen LogP) is 4.77. The van der Waals surface area contributed by atoms with Crippen LogP contribution in [0.4, 0.5) is 18.9 Å². The Labute approximate surface area is 155 Å². The molecule has 1 amide bonds. The summed E-state index contributed by atoms with van der Waals surface area (Å²) in [5.74, 6) is -1.21. The number of benzene rings is 2. The first-order valence-electron chi connectivity index (χ1n) is 8.39. The molecule has 0 saturated heterocycles. The van der Waals surface area contributed by atoms with Gasteiger partial charge in [0.2, 0.25) is 0 Å². The van der Waals surface area contributed by atoms with Crippen LogP contribution in [0.3, 0.4) is 0 Å². The number of alkyl halides is 3. The van der Waals surface area contributed by atoms with Crippen molar-refractivity contribution < 1.29 is 27.5 Å². The minimum atomic E-state index is -4.44. The number of rotatable bonds is 6. The lowest BCUT2D eigenvalue weighted by Gasteiger charge is -2.16. The fourth-order valence-corrected chi connectivity index (χ4v) is 2.43. The summed E-state index contributed by atoms with van der Waals surface area (Å²) in [5.41, 5.74) is 0.361. The minimum Gasteiger partial charge on any atom is -0.453 e. The van der Waals surface area contributed by atoms with Gasteiger partial charge in [-0.05, 0) is 42.7 Å². The van der Waals surface area contributed by atoms with Crippen LogP contribution >= 0.6 is 0 Å². The molecule has 27 heavy (non-hydrogen) atoms. The maximum atomic E-state index is 12.5. The first-order chi connectivity index (χ1) is 12.7. The minimum absolute atomic E-state index is 0.0659. The van der Waals surface area contributed by atoms with Crippen molar-refractivity contribution in [2.24, 2.45) is 0 Å². The molecule has 4 nitrogen and oxygen atoms in total. The maximum Gasteiger partial charge on any atom is 0.416 e. The molecule has 0 radical (unpaired) electrons. The zero-order valence-electron chi connectivity index (χ0n) is 14.9. The van der Waals surface area contributed by atoms with E-state index in [1.807, 2.05) is 37.3 Å². The number of carbonyl (C=O) groups is 2. The van der Waals surface area contributed by atoms with Crippen molar-refractivity contribution in [1.29, 1.82) is 0 Å². The van der Waals surface area contributed by atoms with Gasteiger partial charge in [-0.1, -0.05) is 37.3 Å². The number of anilines is 1. The van der Waals surface area contributed by atoms with Gasteiger partial charge >= 0.3 is 12.1 Å². The average Bonchev–Trinajstić information content (AvgIpc) is 2.62. The van der Waals surface area contributed by atoms with E-state index in [1.165, 1.54) is 6.92 Å². The second kappa shape index (κ2) is 8.70. The molecule has 1 N–H and O–H groups in total. The summed E-state index contributed by atoms with van der Waals surface area (Å²) < 4.78 is 42.7. The third-order valence-corrected chi connectivity index (χ3v) is 4.00. The van der Waals surface area contributed by atoms with E-state index < -0.39 is 29.7 Å². The van der Waals surface area contributed by atoms with Crippen LogP contribution in [-0.2, 0) is 20.5 Å². The summed E-state index contributed by atoms with van der Waals surface area (Å²) in [6.45, 7) is 3.29. The van der Waals surface area contributed by atoms with Crippen molar-refractivity contribution in [2.75, 3.05) is 5.32 Å². The predicted molar refractivity (Wildman–Crippen MR) is 95.1 cm³/mol. The third kappa shape index (κ3) is 6.13. The molecule has 144 valence electrons. The Bertz CT molecular complexity index is 773. The van der Waals surface area contributed by atoms with Crippen LogP contribution in [0, 0.1) is 0 Å². The van der Waals surface area contributed by atoms with Crippen molar-refractivity contribution >= 4 is 17.6 Å². The summed E-state index contributed by atoms with van der Waals surface area (Å²) in [6.07, 6.45) is -5.40. The Balaban J connectivity index is 1.87. The first kappa shape index (κ1) is 20.5. The molecule has 0 bridgehead atoms. The number of hydrogen-bond donors (Lipinski definition) is 1. The summed E-state index contributed by atoms with van der Waals surface area (Å²) in [7, 11) is 0. The molecule has 0 aliphatic heterocycles. The zero-order chi connectivity index (χ0) is 20.0. The normalized spacial score (nSPS) is 13.5. The lowest BCUT2D eigenvalue weighted by molar-refractivity contribution is -0.153. The lowest BCUT2D eigenvalue weighted by atomic mass is 9.98. The third-order valence-electron chi connectivity index (χ3n) is 4.00. The van der Waals surface area contributed by atoms with E-state index in [0.717, 1.165) is 29.8 Å². The van der Waals surface area contributed by atoms with Crippen LogP contribution in [0.15, 0.2) is 54.6 Å². The first-order valence-corrected chi connectivity index (χ1v) is 8.39. The van der Waals surface area contributed by atoms with E-state index in [-0.39, 0.29) is 18.0 Å². The van der Waals surface area contributed by atoms with E-state index >= 15 is 0 Å². The van der Waals surface area contributed by atoms with E-state index in [0.29, 0.717) is 0 Å². The largest absolute Gasteiger partial charge is 0.453 e. The van der Waals surface area contributed by atoms with Crippen LogP contribution in [0.25, 0.3) is 0 Å². The Morgan fingerprint density at radius 3 is 2.15 bits per heavy atom. The molecule has 0 fully saturated rings. The van der Waals surface area contributed by atoms with Gasteiger partial charge < -0.3 is 10.1 Å². The number of hydrogen-bond acceptors (Lipinski definition) is 3. The molecule has 2 aromatic rings. The Kier molecular flexibility index (Phi) is 6.60. The number of nitrogens with one attached hydrogen (secondary N) is 1. The topological polar surface area (TPSA) is 55.4 Å². The van der Waals surface area contributed by atoms with E-state index in [9.17, 15) is 22.8 Å². The lowest BCUT2D eigenvalue weighted by Crippen LogP contribution is -2.30. The highest BCUT2D eigenvalue weighted by Gasteiger charge is 2.30. The average molecular weight is 379 g/mol. The molecule has 0 aromatic heterocycles. The van der Waals surface area contributed by atoms with Gasteiger partial charge in [-0.3, -0.25) is 9.59 Å². The molecule has 0 aliphatic carbocycles. The Morgan fingerprint density at radius 1 is 1.00 bits per heavy atom. The fraction of sp³-hybridized carbons (Fsp3) is 0.300. The SMILES string of the molecule is C[C@H](OC(=O)C[C@@H](C)c1ccccc1)C(=O)Nc1ccc(C(F)(F)F)cc1. The molecule has 0 spiro atoms. The van der Waals surface area contributed by atoms with Gasteiger partial charge in [0.15, 0.2) is 6.10 Å². The number of halogens is 3. The smallest absolute Gasteiger partial charge is 0.416 e. The van der Waals surface area contributed by atoms with Crippen LogP contribution in [0.5, 0.6) is 0 Å². The van der Waals surface area contributed by atoms with Crippen LogP contribution in [0.2, 0.25) is 0 Å². The van der Waals surface area contributed by atoms with Gasteiger partial charge in [0.05, 0.1) is 12.0 Å². The van der Waals surface area contributed by atoms with Gasteiger partial charge in [0, 0.05) is 5.69 Å². The number of esters is 1. The van der Waals surface area contributed by atoms with Crippen LogP contribution < -0.4 is 5.32 Å². The van der Waals surface area contributed by atoms with Gasteiger partial charge in [0.1, 0.15) is 0 Å². The molecule has 0 heterocycles. The fourth-order valence-electron chi connectivity index (χ4n) is 2.43. The molecule has 7 heteroatoms. The molecule has 2 rings (SSSR count). The highest BCUT2D eigenvalue weighted by atomic mass is 19.4. The van der Waals surface area contributed by atoms with E-state index in [4.69, 9.17) is 4.74 Å². The molecule has 0 unspecified atom stereocenters. The van der Waals surface area contributed by atoms with Crippen molar-refractivity contribution in [2.45, 2.75) is 38.5 Å². The standard InChI is InChI=1S/C20H20F3NO3/c1-13(15-6-4-3-5-7-15)12-18(25)27-14(2)19(26)24-17-10-8-16(9-11-17)20(21,22)23/h3-11,13-14H,12H2,1-2H3,(H,24,26)/t13-,14+/m1/s1. The van der Waals surface area contributed by atoms with Gasteiger partial charge in [-0.15, -0.1) is 0 Å². The van der Waals surface area contributed by atoms with Gasteiger partial charge in [-0.2, -0.15) is 13.2 Å². The van der Waals surface area contributed by atoms with Crippen LogP contribution in [0.1, 0.15) is 37.3 Å². The van der Waals surface area contributed by atoms with E-state index in [2.05, 4.69) is 5.32 Å². The number of amides is 1. The number of carbonyl (C=O) groups excluding carboxylic acids is 2. The van der Waals surface area contributed by atoms with E-state index in [1.54, 1.807) is 0 Å². The summed E-state index contributed by atoms with van der Waals surface area (Å²) in [6, 6.07) is 13.5. The summed E-state index contributed by atoms with van der Waals surface area (Å²) in [5, 5.41) is 2.43. The molecule has 2 aromatic carbocycles. The molecule has 0 aliphatic rings. The second-order valence-electron chi connectivity index (χ2n) is 6.21. The van der Waals surface area contributed by atoms with Gasteiger partial charge in [0.25, 0.3) is 5.91 Å². The molecule has 0 saturated carbocycles. The quantitative estimate of drug-likeness (QED) is 0.736. The zero-order valence-corrected chi connectivity index (χ0v) is 14.9. The van der Waals surface area contributed by atoms with Crippen molar-refractivity contribution in [1.82, 2.24) is 0 Å². The summed E-state index contributed by atoms with van der Waals surface area (Å²) in [4.78, 5) is 24.1. The molecular weight excluding hydrogens is 359 g/mol. The highest BCUT2D eigenvalue weighted by Crippen LogP contribution is 2.29. The number of ether oxygens (including phenoxy) is 1. The summed E-state index contributed by atoms with van der Waals surface area (Å²) >= 11 is 0. The maximum absolute atomic E-state index is 12.5. The second-order valence-corrected chi connectivity index (χ2v) is 6.21. The highest BCUT2D eigenvalue weighted by molar-refractivity contribution is 5.95. The monoisotopic (exact) mass is 379 g/mol. The van der Waals surface area contributed by atoms with Crippen molar-refractivity contribution in [3.8, 4) is 0 Å². The Morgan fingerprint density at radius 2 is 1.59 bits per heavy atom. The Hall–Kier alpha value is -2.83. The van der Waals surface area contributed by atoms with Crippen LogP contribution in [-0.4, -0.2) is 18.0 Å². The van der Waals surface area contributed by atoms with Crippen molar-refractivity contribution in [3.05, 3.63) is 65.7 Å². The molecule has 2 atom stereocenters.